The highest BCUT2D eigenvalue weighted by Crippen LogP contribution is 2.33. The van der Waals surface area contributed by atoms with Crippen LogP contribution in [0.2, 0.25) is 10.0 Å². The van der Waals surface area contributed by atoms with Crippen molar-refractivity contribution in [1.82, 2.24) is 4.90 Å². The minimum absolute atomic E-state index is 0.0776. The summed E-state index contributed by atoms with van der Waals surface area (Å²) in [7, 11) is 1.68. The van der Waals surface area contributed by atoms with Gasteiger partial charge in [-0.25, -0.2) is 0 Å². The molecule has 1 aromatic carbocycles. The standard InChI is InChI=1S/C15H21Cl2NO3/c1-20-8-9-21-11-4-6-18(7-5-11)10-12-13(16)2-3-14(19)15(12)17/h2-3,11,19H,4-10H2,1H3. The maximum atomic E-state index is 9.68. The largest absolute Gasteiger partial charge is 0.506 e. The van der Waals surface area contributed by atoms with Gasteiger partial charge in [-0.2, -0.15) is 0 Å². The van der Waals surface area contributed by atoms with Gasteiger partial charge >= 0.3 is 0 Å². The van der Waals surface area contributed by atoms with Crippen molar-refractivity contribution in [3.63, 3.8) is 0 Å². The Balaban J connectivity index is 1.85. The van der Waals surface area contributed by atoms with E-state index in [4.69, 9.17) is 32.7 Å². The number of hydrogen-bond acceptors (Lipinski definition) is 4. The Labute approximate surface area is 135 Å². The van der Waals surface area contributed by atoms with Gasteiger partial charge in [-0.1, -0.05) is 23.2 Å². The molecule has 4 nitrogen and oxygen atoms in total. The van der Waals surface area contributed by atoms with Gasteiger partial charge in [-0.05, 0) is 25.0 Å². The van der Waals surface area contributed by atoms with Crippen molar-refractivity contribution in [2.45, 2.75) is 25.5 Å². The molecule has 1 N–H and O–H groups in total. The summed E-state index contributed by atoms with van der Waals surface area (Å²) in [5, 5.41) is 10.6. The molecule has 0 saturated carbocycles. The Kier molecular flexibility index (Phi) is 6.58. The number of likely N-dealkylation sites (tertiary alicyclic amines) is 1. The van der Waals surface area contributed by atoms with Crippen molar-refractivity contribution in [2.75, 3.05) is 33.4 Å². The van der Waals surface area contributed by atoms with Crippen LogP contribution in [-0.2, 0) is 16.0 Å². The maximum absolute atomic E-state index is 9.68. The van der Waals surface area contributed by atoms with E-state index in [1.54, 1.807) is 13.2 Å². The van der Waals surface area contributed by atoms with Gasteiger partial charge in [-0.3, -0.25) is 4.90 Å². The molecule has 0 spiro atoms. The number of hydrogen-bond donors (Lipinski definition) is 1. The SMILES string of the molecule is COCCOC1CCN(Cc2c(Cl)ccc(O)c2Cl)CC1. The van der Waals surface area contributed by atoms with Crippen LogP contribution < -0.4 is 0 Å². The average molecular weight is 334 g/mol. The molecule has 0 bridgehead atoms. The van der Waals surface area contributed by atoms with E-state index in [0.717, 1.165) is 31.5 Å². The van der Waals surface area contributed by atoms with Crippen LogP contribution >= 0.6 is 23.2 Å². The lowest BCUT2D eigenvalue weighted by molar-refractivity contribution is -0.0158. The summed E-state index contributed by atoms with van der Waals surface area (Å²) in [6.07, 6.45) is 2.27. The number of methoxy groups -OCH3 is 1. The second-order valence-corrected chi connectivity index (χ2v) is 5.98. The van der Waals surface area contributed by atoms with E-state index in [-0.39, 0.29) is 5.75 Å². The van der Waals surface area contributed by atoms with Crippen LogP contribution in [0, 0.1) is 0 Å². The Morgan fingerprint density at radius 2 is 1.95 bits per heavy atom. The Bertz CT molecular complexity index is 462. The summed E-state index contributed by atoms with van der Waals surface area (Å²) in [5.41, 5.74) is 0.789. The van der Waals surface area contributed by atoms with Gasteiger partial charge in [-0.15, -0.1) is 0 Å². The molecule has 0 radical (unpaired) electrons. The van der Waals surface area contributed by atoms with Crippen molar-refractivity contribution in [2.24, 2.45) is 0 Å². The lowest BCUT2D eigenvalue weighted by Crippen LogP contribution is -2.37. The molecule has 0 aromatic heterocycles. The van der Waals surface area contributed by atoms with Crippen molar-refractivity contribution in [1.29, 1.82) is 0 Å². The smallest absolute Gasteiger partial charge is 0.134 e. The Morgan fingerprint density at radius 1 is 1.24 bits per heavy atom. The highest BCUT2D eigenvalue weighted by Gasteiger charge is 2.21. The van der Waals surface area contributed by atoms with Crippen LogP contribution in [0.15, 0.2) is 12.1 Å². The van der Waals surface area contributed by atoms with Crippen molar-refractivity contribution < 1.29 is 14.6 Å². The fraction of sp³-hybridized carbons (Fsp3) is 0.600. The molecule has 21 heavy (non-hydrogen) atoms. The molecule has 1 aromatic rings. The normalized spacial score (nSPS) is 17.3. The minimum atomic E-state index is 0.0776. The molecule has 1 fully saturated rings. The zero-order valence-electron chi connectivity index (χ0n) is 12.1. The predicted octanol–water partition coefficient (Wildman–Crippen LogP) is 3.33. The van der Waals surface area contributed by atoms with Crippen molar-refractivity contribution in [3.05, 3.63) is 27.7 Å². The molecule has 118 valence electrons. The summed E-state index contributed by atoms with van der Waals surface area (Å²) in [6, 6.07) is 3.20. The van der Waals surface area contributed by atoms with Crippen LogP contribution in [-0.4, -0.2) is 49.5 Å². The third-order valence-electron chi connectivity index (χ3n) is 3.72. The van der Waals surface area contributed by atoms with Crippen LogP contribution in [0.4, 0.5) is 0 Å². The molecule has 1 aliphatic rings. The molecule has 1 aliphatic heterocycles. The third kappa shape index (κ3) is 4.73. The van der Waals surface area contributed by atoms with E-state index >= 15 is 0 Å². The van der Waals surface area contributed by atoms with Gasteiger partial charge in [0.2, 0.25) is 0 Å². The average Bonchev–Trinajstić information content (AvgIpc) is 2.49. The fourth-order valence-corrected chi connectivity index (χ4v) is 2.98. The predicted molar refractivity (Wildman–Crippen MR) is 84.3 cm³/mol. The van der Waals surface area contributed by atoms with Crippen molar-refractivity contribution in [3.8, 4) is 5.75 Å². The molecular weight excluding hydrogens is 313 g/mol. The summed E-state index contributed by atoms with van der Waals surface area (Å²) >= 11 is 12.3. The van der Waals surface area contributed by atoms with Crippen LogP contribution in [0.25, 0.3) is 0 Å². The summed E-state index contributed by atoms with van der Waals surface area (Å²) in [4.78, 5) is 2.28. The first-order valence-corrected chi connectivity index (χ1v) is 7.86. The first-order chi connectivity index (χ1) is 10.1. The number of rotatable bonds is 6. The maximum Gasteiger partial charge on any atom is 0.134 e. The van der Waals surface area contributed by atoms with Crippen LogP contribution in [0.5, 0.6) is 5.75 Å². The quantitative estimate of drug-likeness (QED) is 0.811. The highest BCUT2D eigenvalue weighted by atomic mass is 35.5. The minimum Gasteiger partial charge on any atom is -0.506 e. The molecule has 0 amide bonds. The number of aromatic hydroxyl groups is 1. The van der Waals surface area contributed by atoms with E-state index < -0.39 is 0 Å². The number of ether oxygens (including phenoxy) is 2. The van der Waals surface area contributed by atoms with Gasteiger partial charge in [0, 0.05) is 37.3 Å². The van der Waals surface area contributed by atoms with Gasteiger partial charge in [0.05, 0.1) is 24.3 Å². The zero-order valence-corrected chi connectivity index (χ0v) is 13.7. The lowest BCUT2D eigenvalue weighted by atomic mass is 10.1. The molecule has 0 unspecified atom stereocenters. The van der Waals surface area contributed by atoms with E-state index in [0.29, 0.717) is 35.9 Å². The van der Waals surface area contributed by atoms with Gasteiger partial charge in [0.15, 0.2) is 0 Å². The van der Waals surface area contributed by atoms with Gasteiger partial charge in [0.25, 0.3) is 0 Å². The number of halogens is 2. The second kappa shape index (κ2) is 8.20. The lowest BCUT2D eigenvalue weighted by Gasteiger charge is -2.32. The molecule has 0 atom stereocenters. The Hall–Kier alpha value is -0.520. The molecule has 0 aliphatic carbocycles. The van der Waals surface area contributed by atoms with E-state index in [9.17, 15) is 5.11 Å². The molecule has 1 saturated heterocycles. The third-order valence-corrected chi connectivity index (χ3v) is 4.50. The number of nitrogens with zero attached hydrogens (tertiary/aromatic N) is 1. The van der Waals surface area contributed by atoms with E-state index in [1.807, 2.05) is 0 Å². The first-order valence-electron chi connectivity index (χ1n) is 7.10. The second-order valence-electron chi connectivity index (χ2n) is 5.20. The summed E-state index contributed by atoms with van der Waals surface area (Å²) < 4.78 is 10.7. The Morgan fingerprint density at radius 3 is 2.62 bits per heavy atom. The monoisotopic (exact) mass is 333 g/mol. The van der Waals surface area contributed by atoms with Gasteiger partial charge in [0.1, 0.15) is 5.75 Å². The number of phenols is 1. The number of phenolic OH excluding ortho intramolecular Hbond substituents is 1. The topological polar surface area (TPSA) is 41.9 Å². The number of benzene rings is 1. The molecular formula is C15H21Cl2NO3. The van der Waals surface area contributed by atoms with E-state index in [1.165, 1.54) is 6.07 Å². The van der Waals surface area contributed by atoms with Crippen LogP contribution in [0.3, 0.4) is 0 Å². The summed E-state index contributed by atoms with van der Waals surface area (Å²) in [5.74, 6) is 0.0776. The van der Waals surface area contributed by atoms with E-state index in [2.05, 4.69) is 4.90 Å². The zero-order chi connectivity index (χ0) is 15.2. The molecule has 2 rings (SSSR count). The van der Waals surface area contributed by atoms with Crippen molar-refractivity contribution >= 4 is 23.2 Å². The molecule has 6 heteroatoms. The fourth-order valence-electron chi connectivity index (χ4n) is 2.49. The van der Waals surface area contributed by atoms with Crippen LogP contribution in [0.1, 0.15) is 18.4 Å². The first kappa shape index (κ1) is 16.8. The number of piperidine rings is 1. The summed E-state index contributed by atoms with van der Waals surface area (Å²) in [6.45, 7) is 3.79. The van der Waals surface area contributed by atoms with Gasteiger partial charge < -0.3 is 14.6 Å². The molecule has 1 heterocycles. The highest BCUT2D eigenvalue weighted by molar-refractivity contribution is 6.36.